The van der Waals surface area contributed by atoms with Crippen LogP contribution in [0.1, 0.15) is 33.6 Å². The molecule has 0 saturated heterocycles. The van der Waals surface area contributed by atoms with E-state index in [0.717, 1.165) is 37.2 Å². The fourth-order valence-electron chi connectivity index (χ4n) is 2.74. The van der Waals surface area contributed by atoms with Crippen LogP contribution in [0.3, 0.4) is 0 Å². The summed E-state index contributed by atoms with van der Waals surface area (Å²) in [5, 5.41) is 0. The number of nitrogens with zero attached hydrogens (tertiary/aromatic N) is 1. The van der Waals surface area contributed by atoms with E-state index in [9.17, 15) is 4.79 Å². The van der Waals surface area contributed by atoms with Gasteiger partial charge in [0.1, 0.15) is 5.75 Å². The molecule has 0 aliphatic rings. The summed E-state index contributed by atoms with van der Waals surface area (Å²) in [6.07, 6.45) is 1.46. The number of benzene rings is 2. The largest absolute Gasteiger partial charge is 0.481 e. The number of ether oxygens (including phenoxy) is 1. The van der Waals surface area contributed by atoms with Crippen molar-refractivity contribution in [2.75, 3.05) is 13.1 Å². The Labute approximate surface area is 145 Å². The minimum atomic E-state index is -0.467. The summed E-state index contributed by atoms with van der Waals surface area (Å²) in [7, 11) is 0. The number of hydrogen-bond donors (Lipinski definition) is 0. The first-order valence-corrected chi connectivity index (χ1v) is 8.76. The molecule has 0 spiro atoms. The summed E-state index contributed by atoms with van der Waals surface area (Å²) in [6.45, 7) is 7.57. The highest BCUT2D eigenvalue weighted by molar-refractivity contribution is 5.81. The van der Waals surface area contributed by atoms with Crippen LogP contribution in [0.4, 0.5) is 0 Å². The van der Waals surface area contributed by atoms with E-state index in [4.69, 9.17) is 4.74 Å². The molecule has 128 valence electrons. The van der Waals surface area contributed by atoms with Gasteiger partial charge in [-0.15, -0.1) is 0 Å². The Morgan fingerprint density at radius 1 is 0.917 bits per heavy atom. The maximum atomic E-state index is 12.5. The third-order valence-electron chi connectivity index (χ3n) is 3.92. The predicted molar refractivity (Wildman–Crippen MR) is 99.1 cm³/mol. The standard InChI is InChI=1S/C21H27NO2/c1-4-15-22(16-5-2)21(23)17(3)24-20-13-11-19(12-14-20)18-9-7-6-8-10-18/h6-14,17H,4-5,15-16H2,1-3H3. The average Bonchev–Trinajstić information content (AvgIpc) is 2.62. The Bertz CT molecular complexity index is 616. The zero-order chi connectivity index (χ0) is 17.4. The molecule has 0 radical (unpaired) electrons. The highest BCUT2D eigenvalue weighted by atomic mass is 16.5. The molecule has 0 aliphatic carbocycles. The Morgan fingerprint density at radius 2 is 1.46 bits per heavy atom. The van der Waals surface area contributed by atoms with Gasteiger partial charge in [0.05, 0.1) is 0 Å². The van der Waals surface area contributed by atoms with E-state index >= 15 is 0 Å². The molecule has 0 N–H and O–H groups in total. The molecule has 0 bridgehead atoms. The minimum Gasteiger partial charge on any atom is -0.481 e. The smallest absolute Gasteiger partial charge is 0.263 e. The van der Waals surface area contributed by atoms with Gasteiger partial charge in [0.25, 0.3) is 5.91 Å². The molecule has 1 amide bonds. The predicted octanol–water partition coefficient (Wildman–Crippen LogP) is 4.77. The summed E-state index contributed by atoms with van der Waals surface area (Å²) < 4.78 is 5.85. The van der Waals surface area contributed by atoms with Crippen molar-refractivity contribution in [1.29, 1.82) is 0 Å². The lowest BCUT2D eigenvalue weighted by Gasteiger charge is -2.25. The number of amides is 1. The first-order chi connectivity index (χ1) is 11.7. The summed E-state index contributed by atoms with van der Waals surface area (Å²) in [5.74, 6) is 0.786. The molecule has 0 fully saturated rings. The molecule has 2 aromatic rings. The Morgan fingerprint density at radius 3 is 2.00 bits per heavy atom. The van der Waals surface area contributed by atoms with Crippen molar-refractivity contribution in [3.05, 3.63) is 54.6 Å². The molecule has 3 nitrogen and oxygen atoms in total. The Kier molecular flexibility index (Phi) is 6.86. The van der Waals surface area contributed by atoms with Crippen molar-refractivity contribution in [3.63, 3.8) is 0 Å². The van der Waals surface area contributed by atoms with Crippen LogP contribution < -0.4 is 4.74 Å². The molecule has 0 aliphatic heterocycles. The van der Waals surface area contributed by atoms with Crippen LogP contribution in [0.25, 0.3) is 11.1 Å². The summed E-state index contributed by atoms with van der Waals surface area (Å²) in [5.41, 5.74) is 2.31. The molecule has 0 saturated carbocycles. The molecule has 0 heterocycles. The molecule has 24 heavy (non-hydrogen) atoms. The van der Waals surface area contributed by atoms with Crippen LogP contribution in [-0.2, 0) is 4.79 Å². The Balaban J connectivity index is 2.01. The number of carbonyl (C=O) groups is 1. The van der Waals surface area contributed by atoms with Gasteiger partial charge in [-0.2, -0.15) is 0 Å². The second-order valence-corrected chi connectivity index (χ2v) is 5.98. The first-order valence-electron chi connectivity index (χ1n) is 8.76. The lowest BCUT2D eigenvalue weighted by Crippen LogP contribution is -2.41. The lowest BCUT2D eigenvalue weighted by molar-refractivity contribution is -0.138. The van der Waals surface area contributed by atoms with Crippen LogP contribution >= 0.6 is 0 Å². The second kappa shape index (κ2) is 9.11. The van der Waals surface area contributed by atoms with Gasteiger partial charge in [0.2, 0.25) is 0 Å². The third-order valence-corrected chi connectivity index (χ3v) is 3.92. The monoisotopic (exact) mass is 325 g/mol. The second-order valence-electron chi connectivity index (χ2n) is 5.98. The van der Waals surface area contributed by atoms with Gasteiger partial charge in [-0.05, 0) is 43.0 Å². The van der Waals surface area contributed by atoms with Crippen molar-refractivity contribution in [3.8, 4) is 16.9 Å². The van der Waals surface area contributed by atoms with Gasteiger partial charge >= 0.3 is 0 Å². The zero-order valence-electron chi connectivity index (χ0n) is 14.9. The first kappa shape index (κ1) is 18.1. The molecule has 1 unspecified atom stereocenters. The van der Waals surface area contributed by atoms with Gasteiger partial charge in [-0.25, -0.2) is 0 Å². The van der Waals surface area contributed by atoms with Gasteiger partial charge in [-0.3, -0.25) is 4.79 Å². The summed E-state index contributed by atoms with van der Waals surface area (Å²) >= 11 is 0. The van der Waals surface area contributed by atoms with E-state index in [1.54, 1.807) is 0 Å². The highest BCUT2D eigenvalue weighted by Gasteiger charge is 2.20. The van der Waals surface area contributed by atoms with Crippen LogP contribution in [0.15, 0.2) is 54.6 Å². The van der Waals surface area contributed by atoms with Gasteiger partial charge in [0, 0.05) is 13.1 Å². The van der Waals surface area contributed by atoms with E-state index in [0.29, 0.717) is 0 Å². The maximum Gasteiger partial charge on any atom is 0.263 e. The van der Waals surface area contributed by atoms with E-state index < -0.39 is 6.10 Å². The minimum absolute atomic E-state index is 0.0610. The van der Waals surface area contributed by atoms with Crippen LogP contribution in [-0.4, -0.2) is 30.0 Å². The molecule has 2 rings (SSSR count). The molecule has 2 aromatic carbocycles. The van der Waals surface area contributed by atoms with Crippen molar-refractivity contribution >= 4 is 5.91 Å². The average molecular weight is 325 g/mol. The Hall–Kier alpha value is -2.29. The fraction of sp³-hybridized carbons (Fsp3) is 0.381. The van der Waals surface area contributed by atoms with E-state index in [1.807, 2.05) is 54.3 Å². The van der Waals surface area contributed by atoms with E-state index in [-0.39, 0.29) is 5.91 Å². The van der Waals surface area contributed by atoms with E-state index in [1.165, 1.54) is 5.56 Å². The SMILES string of the molecule is CCCN(CCC)C(=O)C(C)Oc1ccc(-c2ccccc2)cc1. The van der Waals surface area contributed by atoms with Gasteiger partial charge in [0.15, 0.2) is 6.10 Å². The summed E-state index contributed by atoms with van der Waals surface area (Å²) in [4.78, 5) is 14.4. The van der Waals surface area contributed by atoms with Crippen molar-refractivity contribution in [2.24, 2.45) is 0 Å². The summed E-state index contributed by atoms with van der Waals surface area (Å²) in [6, 6.07) is 18.1. The topological polar surface area (TPSA) is 29.5 Å². The van der Waals surface area contributed by atoms with Crippen molar-refractivity contribution in [2.45, 2.75) is 39.7 Å². The quantitative estimate of drug-likeness (QED) is 0.699. The molecule has 0 aromatic heterocycles. The van der Waals surface area contributed by atoms with Crippen LogP contribution in [0, 0.1) is 0 Å². The molecular formula is C21H27NO2. The third kappa shape index (κ3) is 4.85. The van der Waals surface area contributed by atoms with E-state index in [2.05, 4.69) is 26.0 Å². The van der Waals surface area contributed by atoms with Crippen LogP contribution in [0.2, 0.25) is 0 Å². The van der Waals surface area contributed by atoms with Gasteiger partial charge in [-0.1, -0.05) is 56.3 Å². The number of carbonyl (C=O) groups excluding carboxylic acids is 1. The fourth-order valence-corrected chi connectivity index (χ4v) is 2.74. The van der Waals surface area contributed by atoms with Crippen LogP contribution in [0.5, 0.6) is 5.75 Å². The van der Waals surface area contributed by atoms with Crippen molar-refractivity contribution in [1.82, 2.24) is 4.90 Å². The van der Waals surface area contributed by atoms with Gasteiger partial charge < -0.3 is 9.64 Å². The molecule has 1 atom stereocenters. The number of rotatable bonds is 8. The maximum absolute atomic E-state index is 12.5. The number of hydrogen-bond acceptors (Lipinski definition) is 2. The lowest BCUT2D eigenvalue weighted by atomic mass is 10.1. The molecular weight excluding hydrogens is 298 g/mol. The van der Waals surface area contributed by atoms with Crippen molar-refractivity contribution < 1.29 is 9.53 Å². The zero-order valence-corrected chi connectivity index (χ0v) is 14.9. The normalized spacial score (nSPS) is 11.8. The highest BCUT2D eigenvalue weighted by Crippen LogP contribution is 2.22. The molecule has 3 heteroatoms.